The van der Waals surface area contributed by atoms with Gasteiger partial charge in [0.15, 0.2) is 0 Å². The van der Waals surface area contributed by atoms with E-state index < -0.39 is 0 Å². The Balaban J connectivity index is 0. The average molecular weight is 195 g/mol. The molecule has 1 radical (unpaired) electrons. The van der Waals surface area contributed by atoms with Gasteiger partial charge in [-0.3, -0.25) is 0 Å². The van der Waals surface area contributed by atoms with Crippen LogP contribution in [0.15, 0.2) is 0 Å². The standard InChI is InChI=1S/C11H24O.Na/c1-3-4-5-6-7-8-9-10-11-12-2;/h3-11H2,1-2H3;. The number of ether oxygens (including phenoxy) is 1. The Kier molecular flexibility index (Phi) is 19.5. The summed E-state index contributed by atoms with van der Waals surface area (Å²) in [6.07, 6.45) is 11.0. The molecule has 0 bridgehead atoms. The molecule has 0 aromatic heterocycles. The van der Waals surface area contributed by atoms with Gasteiger partial charge in [0.2, 0.25) is 0 Å². The molecular weight excluding hydrogens is 171 g/mol. The largest absolute Gasteiger partial charge is 0.385 e. The van der Waals surface area contributed by atoms with Gasteiger partial charge in [0.05, 0.1) is 0 Å². The number of unbranched alkanes of at least 4 members (excludes halogenated alkanes) is 7. The van der Waals surface area contributed by atoms with Gasteiger partial charge in [0.25, 0.3) is 0 Å². The molecule has 0 heterocycles. The summed E-state index contributed by atoms with van der Waals surface area (Å²) in [5.74, 6) is 0. The van der Waals surface area contributed by atoms with Crippen LogP contribution in [0.4, 0.5) is 0 Å². The average Bonchev–Trinajstić information content (AvgIpc) is 2.10. The SMILES string of the molecule is CCCCCCCCCCOC.[Na]. The Bertz CT molecular complexity index is 66.5. The molecule has 0 aliphatic rings. The second kappa shape index (κ2) is 15.4. The Morgan fingerprint density at radius 3 is 1.69 bits per heavy atom. The van der Waals surface area contributed by atoms with Crippen molar-refractivity contribution >= 4 is 29.6 Å². The van der Waals surface area contributed by atoms with Gasteiger partial charge in [0, 0.05) is 43.3 Å². The van der Waals surface area contributed by atoms with E-state index in [-0.39, 0.29) is 29.6 Å². The van der Waals surface area contributed by atoms with E-state index >= 15 is 0 Å². The minimum absolute atomic E-state index is 0. The summed E-state index contributed by atoms with van der Waals surface area (Å²) in [5, 5.41) is 0. The third kappa shape index (κ3) is 15.7. The van der Waals surface area contributed by atoms with Crippen molar-refractivity contribution in [3.05, 3.63) is 0 Å². The third-order valence-corrected chi connectivity index (χ3v) is 2.20. The first-order valence-corrected chi connectivity index (χ1v) is 5.40. The van der Waals surface area contributed by atoms with Gasteiger partial charge in [-0.05, 0) is 6.42 Å². The maximum Gasteiger partial charge on any atom is 0.0462 e. The van der Waals surface area contributed by atoms with Crippen molar-refractivity contribution < 1.29 is 4.74 Å². The van der Waals surface area contributed by atoms with Crippen LogP contribution in [0.3, 0.4) is 0 Å². The fraction of sp³-hybridized carbons (Fsp3) is 1.00. The van der Waals surface area contributed by atoms with Crippen LogP contribution in [0, 0.1) is 0 Å². The number of hydrogen-bond acceptors (Lipinski definition) is 1. The predicted molar refractivity (Wildman–Crippen MR) is 60.2 cm³/mol. The van der Waals surface area contributed by atoms with Crippen molar-refractivity contribution in [1.82, 2.24) is 0 Å². The zero-order valence-electron chi connectivity index (χ0n) is 9.77. The van der Waals surface area contributed by atoms with Crippen molar-refractivity contribution in [3.8, 4) is 0 Å². The first kappa shape index (κ1) is 16.4. The Hall–Kier alpha value is 0.960. The zero-order chi connectivity index (χ0) is 9.07. The molecule has 0 aliphatic heterocycles. The van der Waals surface area contributed by atoms with Crippen LogP contribution in [-0.2, 0) is 4.74 Å². The van der Waals surface area contributed by atoms with E-state index in [1.165, 1.54) is 51.4 Å². The summed E-state index contributed by atoms with van der Waals surface area (Å²) < 4.78 is 4.99. The van der Waals surface area contributed by atoms with Crippen molar-refractivity contribution in [1.29, 1.82) is 0 Å². The summed E-state index contributed by atoms with van der Waals surface area (Å²) in [7, 11) is 1.78. The Morgan fingerprint density at radius 1 is 0.769 bits per heavy atom. The Morgan fingerprint density at radius 2 is 1.23 bits per heavy atom. The number of rotatable bonds is 9. The van der Waals surface area contributed by atoms with Crippen molar-refractivity contribution in [2.75, 3.05) is 13.7 Å². The van der Waals surface area contributed by atoms with Crippen LogP contribution >= 0.6 is 0 Å². The quantitative estimate of drug-likeness (QED) is 0.405. The molecule has 75 valence electrons. The molecule has 0 aromatic rings. The smallest absolute Gasteiger partial charge is 0.0462 e. The van der Waals surface area contributed by atoms with Gasteiger partial charge in [-0.2, -0.15) is 0 Å². The topological polar surface area (TPSA) is 9.23 Å². The van der Waals surface area contributed by atoms with Crippen LogP contribution < -0.4 is 0 Å². The van der Waals surface area contributed by atoms with Gasteiger partial charge in [-0.15, -0.1) is 0 Å². The van der Waals surface area contributed by atoms with E-state index in [0.29, 0.717) is 0 Å². The maximum atomic E-state index is 4.99. The summed E-state index contributed by atoms with van der Waals surface area (Å²) in [6.45, 7) is 3.20. The van der Waals surface area contributed by atoms with E-state index in [0.717, 1.165) is 6.61 Å². The molecule has 1 nitrogen and oxygen atoms in total. The van der Waals surface area contributed by atoms with Crippen molar-refractivity contribution in [2.24, 2.45) is 0 Å². The second-order valence-corrected chi connectivity index (χ2v) is 3.47. The van der Waals surface area contributed by atoms with Crippen LogP contribution in [0.1, 0.15) is 58.3 Å². The molecule has 2 heteroatoms. The number of hydrogen-bond donors (Lipinski definition) is 0. The fourth-order valence-electron chi connectivity index (χ4n) is 1.38. The molecule has 0 spiro atoms. The fourth-order valence-corrected chi connectivity index (χ4v) is 1.38. The van der Waals surface area contributed by atoms with Gasteiger partial charge in [0.1, 0.15) is 0 Å². The molecule has 0 unspecified atom stereocenters. The minimum atomic E-state index is 0. The summed E-state index contributed by atoms with van der Waals surface area (Å²) >= 11 is 0. The third-order valence-electron chi connectivity index (χ3n) is 2.20. The van der Waals surface area contributed by atoms with Crippen LogP contribution in [-0.4, -0.2) is 43.3 Å². The molecule has 0 atom stereocenters. The molecule has 0 fully saturated rings. The zero-order valence-corrected chi connectivity index (χ0v) is 11.8. The van der Waals surface area contributed by atoms with E-state index in [4.69, 9.17) is 4.74 Å². The first-order chi connectivity index (χ1) is 5.91. The van der Waals surface area contributed by atoms with E-state index in [1.807, 2.05) is 0 Å². The minimum Gasteiger partial charge on any atom is -0.385 e. The summed E-state index contributed by atoms with van der Waals surface area (Å²) in [5.41, 5.74) is 0. The molecule has 13 heavy (non-hydrogen) atoms. The normalized spacial score (nSPS) is 9.69. The first-order valence-electron chi connectivity index (χ1n) is 5.40. The molecule has 0 amide bonds. The van der Waals surface area contributed by atoms with Crippen LogP contribution in [0.25, 0.3) is 0 Å². The summed E-state index contributed by atoms with van der Waals surface area (Å²) in [6, 6.07) is 0. The second-order valence-electron chi connectivity index (χ2n) is 3.47. The maximum absolute atomic E-state index is 4.99. The Labute approximate surface area is 106 Å². The molecule has 0 aromatic carbocycles. The van der Waals surface area contributed by atoms with E-state index in [2.05, 4.69) is 6.92 Å². The van der Waals surface area contributed by atoms with Gasteiger partial charge < -0.3 is 4.74 Å². The van der Waals surface area contributed by atoms with Crippen LogP contribution in [0.2, 0.25) is 0 Å². The predicted octanol–water partition coefficient (Wildman–Crippen LogP) is 3.39. The van der Waals surface area contributed by atoms with Gasteiger partial charge in [-0.25, -0.2) is 0 Å². The van der Waals surface area contributed by atoms with E-state index in [1.54, 1.807) is 7.11 Å². The molecule has 0 N–H and O–H groups in total. The molecule has 0 aliphatic carbocycles. The molecule has 0 rings (SSSR count). The number of methoxy groups -OCH3 is 1. The summed E-state index contributed by atoms with van der Waals surface area (Å²) in [4.78, 5) is 0. The van der Waals surface area contributed by atoms with Gasteiger partial charge >= 0.3 is 0 Å². The van der Waals surface area contributed by atoms with Gasteiger partial charge in [-0.1, -0.05) is 51.9 Å². The van der Waals surface area contributed by atoms with Crippen molar-refractivity contribution in [3.63, 3.8) is 0 Å². The molecular formula is C11H24NaO. The van der Waals surface area contributed by atoms with E-state index in [9.17, 15) is 0 Å². The monoisotopic (exact) mass is 195 g/mol. The van der Waals surface area contributed by atoms with Crippen molar-refractivity contribution in [2.45, 2.75) is 58.3 Å². The molecule has 0 saturated carbocycles. The van der Waals surface area contributed by atoms with Crippen LogP contribution in [0.5, 0.6) is 0 Å². The molecule has 0 saturated heterocycles.